The minimum Gasteiger partial charge on any atom is -0.481 e. The van der Waals surface area contributed by atoms with E-state index >= 15 is 0 Å². The highest BCUT2D eigenvalue weighted by molar-refractivity contribution is 7.15. The lowest BCUT2D eigenvalue weighted by molar-refractivity contribution is -0.141. The topological polar surface area (TPSA) is 104 Å². The van der Waals surface area contributed by atoms with Crippen LogP contribution in [-0.2, 0) is 10.4 Å². The molecule has 2 aliphatic heterocycles. The van der Waals surface area contributed by atoms with Crippen LogP contribution >= 0.6 is 11.3 Å². The van der Waals surface area contributed by atoms with Crippen LogP contribution in [-0.4, -0.2) is 49.7 Å². The van der Waals surface area contributed by atoms with E-state index in [1.807, 2.05) is 41.8 Å². The first-order valence-corrected chi connectivity index (χ1v) is 14.5. The van der Waals surface area contributed by atoms with Gasteiger partial charge >= 0.3 is 5.97 Å². The smallest absolute Gasteiger partial charge is 0.308 e. The van der Waals surface area contributed by atoms with Crippen LogP contribution in [0.2, 0.25) is 0 Å². The number of rotatable bonds is 5. The molecule has 0 spiro atoms. The first kappa shape index (κ1) is 26.4. The summed E-state index contributed by atoms with van der Waals surface area (Å²) >= 11 is 1.66. The van der Waals surface area contributed by atoms with E-state index in [1.165, 1.54) is 4.88 Å². The standard InChI is InChI=1S/C31H33N5O3S/c1-18-20(3)40-29-25(18)27(32-26(19(2)30(37)38)28-34-33-21(4)36(28)29)22-10-12-24(13-11-22)35-16-14-31(39,15-17-35)23-8-6-5-7-9-23/h5-13,19,26,39H,14-17H2,1-4H3,(H,37,38)/t19-,26?/m0/s1. The number of piperidine rings is 1. The zero-order valence-corrected chi connectivity index (χ0v) is 23.9. The number of hydrogen-bond donors (Lipinski definition) is 2. The van der Waals surface area contributed by atoms with E-state index in [9.17, 15) is 15.0 Å². The number of carbonyl (C=O) groups is 1. The summed E-state index contributed by atoms with van der Waals surface area (Å²) in [6, 6.07) is 17.6. The number of aliphatic carboxylic acids is 1. The van der Waals surface area contributed by atoms with Gasteiger partial charge in [0.05, 0.1) is 17.2 Å². The van der Waals surface area contributed by atoms with Gasteiger partial charge in [-0.1, -0.05) is 42.5 Å². The van der Waals surface area contributed by atoms with Crippen molar-refractivity contribution in [3.05, 3.63) is 93.4 Å². The molecule has 0 radical (unpaired) electrons. The molecule has 4 heterocycles. The number of fused-ring (bicyclic) bond motifs is 3. The third-order valence-electron chi connectivity index (χ3n) is 8.46. The molecule has 1 fully saturated rings. The fraction of sp³-hybridized carbons (Fsp3) is 0.355. The van der Waals surface area contributed by atoms with Crippen LogP contribution in [0.15, 0.2) is 59.6 Å². The molecule has 40 heavy (non-hydrogen) atoms. The average Bonchev–Trinajstić information content (AvgIpc) is 3.43. The minimum atomic E-state index is -0.922. The van der Waals surface area contributed by atoms with Gasteiger partial charge in [-0.05, 0) is 63.8 Å². The third kappa shape index (κ3) is 4.33. The number of nitrogens with zero attached hydrogens (tertiary/aromatic N) is 5. The van der Waals surface area contributed by atoms with Crippen LogP contribution < -0.4 is 4.90 Å². The van der Waals surface area contributed by atoms with Gasteiger partial charge in [-0.15, -0.1) is 21.5 Å². The molecule has 2 aliphatic rings. The van der Waals surface area contributed by atoms with Gasteiger partial charge in [-0.3, -0.25) is 14.4 Å². The lowest BCUT2D eigenvalue weighted by Crippen LogP contribution is -2.42. The molecular formula is C31H33N5O3S. The van der Waals surface area contributed by atoms with Crippen LogP contribution in [0.3, 0.4) is 0 Å². The Hall–Kier alpha value is -3.82. The number of carboxylic acids is 1. The van der Waals surface area contributed by atoms with Gasteiger partial charge in [0, 0.05) is 34.8 Å². The molecule has 1 unspecified atom stereocenters. The van der Waals surface area contributed by atoms with Crippen LogP contribution in [0, 0.1) is 26.7 Å². The molecule has 2 atom stereocenters. The highest BCUT2D eigenvalue weighted by atomic mass is 32.1. The molecule has 0 bridgehead atoms. The Morgan fingerprint density at radius 1 is 1.02 bits per heavy atom. The van der Waals surface area contributed by atoms with E-state index in [-0.39, 0.29) is 0 Å². The van der Waals surface area contributed by atoms with Crippen molar-refractivity contribution in [2.45, 2.75) is 52.2 Å². The van der Waals surface area contributed by atoms with E-state index in [1.54, 1.807) is 18.3 Å². The summed E-state index contributed by atoms with van der Waals surface area (Å²) in [6.07, 6.45) is 1.33. The summed E-state index contributed by atoms with van der Waals surface area (Å²) < 4.78 is 1.98. The van der Waals surface area contributed by atoms with Crippen LogP contribution in [0.25, 0.3) is 5.00 Å². The molecule has 0 amide bonds. The Morgan fingerprint density at radius 3 is 2.35 bits per heavy atom. The van der Waals surface area contributed by atoms with E-state index in [4.69, 9.17) is 4.99 Å². The van der Waals surface area contributed by atoms with Crippen molar-refractivity contribution in [2.24, 2.45) is 10.9 Å². The fourth-order valence-corrected chi connectivity index (χ4v) is 7.03. The number of aliphatic hydroxyl groups is 1. The molecule has 2 aromatic heterocycles. The number of hydrogen-bond acceptors (Lipinski definition) is 7. The first-order valence-electron chi connectivity index (χ1n) is 13.6. The predicted octanol–water partition coefficient (Wildman–Crippen LogP) is 5.35. The van der Waals surface area contributed by atoms with E-state index in [2.05, 4.69) is 53.2 Å². The Labute approximate surface area is 237 Å². The molecule has 2 aromatic carbocycles. The van der Waals surface area contributed by atoms with Crippen LogP contribution in [0.4, 0.5) is 5.69 Å². The van der Waals surface area contributed by atoms with Gasteiger partial charge < -0.3 is 15.1 Å². The lowest BCUT2D eigenvalue weighted by Gasteiger charge is -2.39. The summed E-state index contributed by atoms with van der Waals surface area (Å²) in [4.78, 5) is 20.7. The summed E-state index contributed by atoms with van der Waals surface area (Å²) in [5, 5.41) is 30.9. The number of aliphatic imine (C=N–C) groups is 1. The fourth-order valence-electron chi connectivity index (χ4n) is 5.82. The zero-order chi connectivity index (χ0) is 28.2. The highest BCUT2D eigenvalue weighted by Crippen LogP contribution is 2.41. The van der Waals surface area contributed by atoms with Gasteiger partial charge in [0.2, 0.25) is 0 Å². The Bertz CT molecular complexity index is 1600. The van der Waals surface area contributed by atoms with Crippen molar-refractivity contribution >= 4 is 28.7 Å². The molecule has 6 rings (SSSR count). The molecular weight excluding hydrogens is 522 g/mol. The van der Waals surface area contributed by atoms with Crippen molar-refractivity contribution < 1.29 is 15.0 Å². The van der Waals surface area contributed by atoms with Crippen molar-refractivity contribution in [1.29, 1.82) is 0 Å². The maximum absolute atomic E-state index is 12.1. The maximum Gasteiger partial charge on any atom is 0.308 e. The van der Waals surface area contributed by atoms with Crippen LogP contribution in [0.5, 0.6) is 0 Å². The van der Waals surface area contributed by atoms with Crippen molar-refractivity contribution in [1.82, 2.24) is 14.8 Å². The van der Waals surface area contributed by atoms with Gasteiger partial charge in [0.15, 0.2) is 5.82 Å². The third-order valence-corrected chi connectivity index (χ3v) is 9.65. The van der Waals surface area contributed by atoms with Crippen LogP contribution in [0.1, 0.15) is 64.6 Å². The predicted molar refractivity (Wildman–Crippen MR) is 157 cm³/mol. The maximum atomic E-state index is 12.1. The van der Waals surface area contributed by atoms with Gasteiger partial charge in [-0.2, -0.15) is 0 Å². The molecule has 0 saturated carbocycles. The number of anilines is 1. The number of carboxylic acid groups (broad SMARTS) is 1. The Morgan fingerprint density at radius 2 is 1.70 bits per heavy atom. The number of aromatic nitrogens is 3. The van der Waals surface area contributed by atoms with Crippen molar-refractivity contribution in [3.8, 4) is 5.00 Å². The molecule has 8 nitrogen and oxygen atoms in total. The quantitative estimate of drug-likeness (QED) is 0.344. The van der Waals surface area contributed by atoms with E-state index < -0.39 is 23.5 Å². The van der Waals surface area contributed by atoms with E-state index in [0.717, 1.165) is 51.7 Å². The summed E-state index contributed by atoms with van der Waals surface area (Å²) in [6.45, 7) is 9.27. The van der Waals surface area contributed by atoms with Gasteiger partial charge in [0.25, 0.3) is 0 Å². The monoisotopic (exact) mass is 555 g/mol. The molecule has 0 aliphatic carbocycles. The lowest BCUT2D eigenvalue weighted by atomic mass is 9.84. The summed E-state index contributed by atoms with van der Waals surface area (Å²) in [5.41, 5.74) is 5.11. The summed E-state index contributed by atoms with van der Waals surface area (Å²) in [5.74, 6) is -0.425. The Kier molecular flexibility index (Phi) is 6.59. The number of benzene rings is 2. The molecule has 4 aromatic rings. The second-order valence-corrected chi connectivity index (χ2v) is 12.1. The first-order chi connectivity index (χ1) is 19.2. The second kappa shape index (κ2) is 9.98. The SMILES string of the molecule is Cc1sc2c(c1C)C(c1ccc(N3CCC(O)(c4ccccc4)CC3)cc1)=NC([C@H](C)C(=O)O)c1nnc(C)n1-2. The number of aryl methyl sites for hydroxylation is 2. The molecule has 2 N–H and O–H groups in total. The molecule has 206 valence electrons. The number of thiophene rings is 1. The normalized spacial score (nSPS) is 18.9. The second-order valence-electron chi connectivity index (χ2n) is 10.9. The average molecular weight is 556 g/mol. The van der Waals surface area contributed by atoms with Crippen molar-refractivity contribution in [2.75, 3.05) is 18.0 Å². The highest BCUT2D eigenvalue weighted by Gasteiger charge is 2.37. The minimum absolute atomic E-state index is 0.556. The van der Waals surface area contributed by atoms with E-state index in [0.29, 0.717) is 24.5 Å². The molecule has 1 saturated heterocycles. The largest absolute Gasteiger partial charge is 0.481 e. The Balaban J connectivity index is 1.35. The van der Waals surface area contributed by atoms with Gasteiger partial charge in [0.1, 0.15) is 16.9 Å². The zero-order valence-electron chi connectivity index (χ0n) is 23.1. The summed E-state index contributed by atoms with van der Waals surface area (Å²) in [7, 11) is 0. The van der Waals surface area contributed by atoms with Gasteiger partial charge in [-0.25, -0.2) is 0 Å². The van der Waals surface area contributed by atoms with Crippen molar-refractivity contribution in [3.63, 3.8) is 0 Å². The molecule has 9 heteroatoms.